The van der Waals surface area contributed by atoms with E-state index in [2.05, 4.69) is 10.4 Å². The van der Waals surface area contributed by atoms with Crippen LogP contribution in [0.15, 0.2) is 65.5 Å². The molecule has 0 radical (unpaired) electrons. The number of aryl methyl sites for hydroxylation is 1. The molecule has 0 spiro atoms. The molecule has 0 N–H and O–H groups in total. The number of tetrazole rings is 1. The maximum atomic E-state index is 13.0. The van der Waals surface area contributed by atoms with Crippen LogP contribution in [0.2, 0.25) is 0 Å². The Bertz CT molecular complexity index is 1690. The molecular weight excluding hydrogens is 509 g/mol. The third-order valence-electron chi connectivity index (χ3n) is 6.00. The molecule has 0 bridgehead atoms. The number of hydrogen-bond acceptors (Lipinski definition) is 7. The highest BCUT2D eigenvalue weighted by atomic mass is 19.4. The van der Waals surface area contributed by atoms with Gasteiger partial charge in [-0.1, -0.05) is 18.2 Å². The molecule has 4 aromatic rings. The fraction of sp³-hybridized carbons (Fsp3) is 0.125. The number of hydrogen-bond donors (Lipinski definition) is 0. The van der Waals surface area contributed by atoms with Gasteiger partial charge in [0.1, 0.15) is 5.56 Å². The maximum absolute atomic E-state index is 13.0. The molecule has 1 aliphatic rings. The van der Waals surface area contributed by atoms with Crippen LogP contribution in [0, 0.1) is 17.0 Å². The highest BCUT2D eigenvalue weighted by Crippen LogP contribution is 2.35. The van der Waals surface area contributed by atoms with E-state index >= 15 is 0 Å². The number of aromatic nitrogens is 4. The van der Waals surface area contributed by atoms with E-state index in [4.69, 9.17) is 0 Å². The summed E-state index contributed by atoms with van der Waals surface area (Å²) in [6.07, 6.45) is -4.52. The molecule has 2 amide bonds. The SMILES string of the molecule is Cc1cc(Cn2nnn(-c3ccc(C(F)(F)F)cc3)c2=O)ccc1N1C(=O)c2cccc([N+](=O)[O-])c2C1=O. The minimum absolute atomic E-state index is 0.0613. The number of amides is 2. The number of halogens is 3. The molecule has 192 valence electrons. The van der Waals surface area contributed by atoms with Crippen molar-refractivity contribution in [2.75, 3.05) is 4.90 Å². The van der Waals surface area contributed by atoms with Gasteiger partial charge in [-0.2, -0.15) is 22.5 Å². The number of nitrogens with zero attached hydrogens (tertiary/aromatic N) is 6. The van der Waals surface area contributed by atoms with Crippen molar-refractivity contribution in [1.82, 2.24) is 19.8 Å². The lowest BCUT2D eigenvalue weighted by atomic mass is 10.1. The van der Waals surface area contributed by atoms with Crippen molar-refractivity contribution in [3.63, 3.8) is 0 Å². The van der Waals surface area contributed by atoms with Crippen LogP contribution in [0.3, 0.4) is 0 Å². The number of rotatable bonds is 5. The Morgan fingerprint density at radius 3 is 2.29 bits per heavy atom. The molecule has 0 saturated heterocycles. The predicted molar refractivity (Wildman–Crippen MR) is 125 cm³/mol. The standard InChI is InChI=1S/C24H15F3N6O5/c1-13-11-14(12-30-23(36)32(29-28-30)16-8-6-15(7-9-16)24(25,26)27)5-10-18(13)31-21(34)17-3-2-4-19(33(37)38)20(17)22(31)35/h2-11H,12H2,1H3. The van der Waals surface area contributed by atoms with Gasteiger partial charge in [0, 0.05) is 6.07 Å². The smallest absolute Gasteiger partial charge is 0.268 e. The van der Waals surface area contributed by atoms with Crippen LogP contribution in [0.4, 0.5) is 24.5 Å². The first-order valence-corrected chi connectivity index (χ1v) is 10.9. The molecular formula is C24H15F3N6O5. The highest BCUT2D eigenvalue weighted by molar-refractivity contribution is 6.35. The molecule has 0 unspecified atom stereocenters. The third-order valence-corrected chi connectivity index (χ3v) is 6.00. The molecule has 1 aromatic heterocycles. The summed E-state index contributed by atoms with van der Waals surface area (Å²) in [6.45, 7) is 1.56. The average molecular weight is 524 g/mol. The lowest BCUT2D eigenvalue weighted by molar-refractivity contribution is -0.385. The summed E-state index contributed by atoms with van der Waals surface area (Å²) in [5.74, 6) is -1.51. The summed E-state index contributed by atoms with van der Waals surface area (Å²) in [7, 11) is 0. The van der Waals surface area contributed by atoms with Gasteiger partial charge >= 0.3 is 11.9 Å². The van der Waals surface area contributed by atoms with Crippen LogP contribution in [-0.2, 0) is 12.7 Å². The van der Waals surface area contributed by atoms with Crippen LogP contribution >= 0.6 is 0 Å². The number of imide groups is 1. The van der Waals surface area contributed by atoms with Crippen molar-refractivity contribution in [3.05, 3.63) is 109 Å². The number of alkyl halides is 3. The minimum atomic E-state index is -4.52. The summed E-state index contributed by atoms with van der Waals surface area (Å²) >= 11 is 0. The van der Waals surface area contributed by atoms with Crippen LogP contribution in [0.25, 0.3) is 5.69 Å². The monoisotopic (exact) mass is 524 g/mol. The second-order valence-electron chi connectivity index (χ2n) is 8.40. The fourth-order valence-corrected chi connectivity index (χ4v) is 4.21. The zero-order valence-electron chi connectivity index (χ0n) is 19.3. The van der Waals surface area contributed by atoms with Crippen LogP contribution in [0.1, 0.15) is 37.4 Å². The Hall–Kier alpha value is -5.14. The quantitative estimate of drug-likeness (QED) is 0.222. The predicted octanol–water partition coefficient (Wildman–Crippen LogP) is 3.51. The number of benzene rings is 3. The molecule has 0 saturated carbocycles. The van der Waals surface area contributed by atoms with Gasteiger partial charge < -0.3 is 0 Å². The first-order chi connectivity index (χ1) is 18.0. The van der Waals surface area contributed by atoms with Crippen molar-refractivity contribution in [3.8, 4) is 5.69 Å². The van der Waals surface area contributed by atoms with E-state index in [1.807, 2.05) is 0 Å². The van der Waals surface area contributed by atoms with Crippen molar-refractivity contribution >= 4 is 23.2 Å². The van der Waals surface area contributed by atoms with E-state index in [-0.39, 0.29) is 29.0 Å². The number of carbonyl (C=O) groups is 2. The summed E-state index contributed by atoms with van der Waals surface area (Å²) in [4.78, 5) is 50.1. The van der Waals surface area contributed by atoms with E-state index < -0.39 is 39.9 Å². The zero-order chi connectivity index (χ0) is 27.4. The summed E-state index contributed by atoms with van der Waals surface area (Å²) < 4.78 is 40.3. The second-order valence-corrected chi connectivity index (χ2v) is 8.40. The van der Waals surface area contributed by atoms with Gasteiger partial charge in [-0.05, 0) is 64.9 Å². The van der Waals surface area contributed by atoms with E-state index in [0.29, 0.717) is 11.1 Å². The van der Waals surface area contributed by atoms with Crippen molar-refractivity contribution < 1.29 is 27.7 Å². The van der Waals surface area contributed by atoms with Gasteiger partial charge in [-0.25, -0.2) is 9.69 Å². The van der Waals surface area contributed by atoms with Gasteiger partial charge in [0.15, 0.2) is 0 Å². The average Bonchev–Trinajstić information content (AvgIpc) is 3.35. The number of carbonyl (C=O) groups excluding carboxylic acids is 2. The minimum Gasteiger partial charge on any atom is -0.268 e. The largest absolute Gasteiger partial charge is 0.416 e. The topological polar surface area (TPSA) is 133 Å². The molecule has 0 aliphatic carbocycles. The van der Waals surface area contributed by atoms with E-state index in [1.54, 1.807) is 19.1 Å². The molecule has 38 heavy (non-hydrogen) atoms. The highest BCUT2D eigenvalue weighted by Gasteiger charge is 2.42. The van der Waals surface area contributed by atoms with Gasteiger partial charge in [-0.15, -0.1) is 0 Å². The Morgan fingerprint density at radius 2 is 1.66 bits per heavy atom. The van der Waals surface area contributed by atoms with Gasteiger partial charge in [0.2, 0.25) is 0 Å². The normalized spacial score (nSPS) is 13.2. The molecule has 2 heterocycles. The summed E-state index contributed by atoms with van der Waals surface area (Å²) in [5.41, 5.74) is -1.04. The number of anilines is 1. The summed E-state index contributed by atoms with van der Waals surface area (Å²) in [5, 5.41) is 18.9. The second kappa shape index (κ2) is 8.76. The molecule has 5 rings (SSSR count). The molecule has 1 aliphatic heterocycles. The zero-order valence-corrected chi connectivity index (χ0v) is 19.3. The first-order valence-electron chi connectivity index (χ1n) is 10.9. The van der Waals surface area contributed by atoms with Gasteiger partial charge in [0.05, 0.1) is 34.0 Å². The van der Waals surface area contributed by atoms with Gasteiger partial charge in [0.25, 0.3) is 17.5 Å². The van der Waals surface area contributed by atoms with E-state index in [9.17, 15) is 37.7 Å². The van der Waals surface area contributed by atoms with Crippen molar-refractivity contribution in [2.24, 2.45) is 0 Å². The molecule has 3 aromatic carbocycles. The summed E-state index contributed by atoms with van der Waals surface area (Å²) in [6, 6.07) is 12.3. The van der Waals surface area contributed by atoms with Crippen LogP contribution in [-0.4, -0.2) is 36.5 Å². The van der Waals surface area contributed by atoms with E-state index in [1.165, 1.54) is 18.2 Å². The first kappa shape index (κ1) is 24.5. The maximum Gasteiger partial charge on any atom is 0.416 e. The molecule has 0 atom stereocenters. The lowest BCUT2D eigenvalue weighted by Crippen LogP contribution is -2.30. The Kier molecular flexibility index (Phi) is 5.66. The van der Waals surface area contributed by atoms with E-state index in [0.717, 1.165) is 44.6 Å². The number of fused-ring (bicyclic) bond motifs is 1. The van der Waals surface area contributed by atoms with Crippen LogP contribution < -0.4 is 10.6 Å². The van der Waals surface area contributed by atoms with Gasteiger partial charge in [-0.3, -0.25) is 19.7 Å². The molecule has 14 heteroatoms. The third kappa shape index (κ3) is 4.01. The van der Waals surface area contributed by atoms with Crippen molar-refractivity contribution in [2.45, 2.75) is 19.6 Å². The Balaban J connectivity index is 1.40. The lowest BCUT2D eigenvalue weighted by Gasteiger charge is -2.17. The molecule has 0 fully saturated rings. The Morgan fingerprint density at radius 1 is 0.947 bits per heavy atom. The molecule has 11 nitrogen and oxygen atoms in total. The number of nitro benzene ring substituents is 1. The number of nitro groups is 1. The Labute approximate surface area is 210 Å². The fourth-order valence-electron chi connectivity index (χ4n) is 4.21. The van der Waals surface area contributed by atoms with Crippen molar-refractivity contribution in [1.29, 1.82) is 0 Å². The van der Waals surface area contributed by atoms with Crippen LogP contribution in [0.5, 0.6) is 0 Å².